The second-order valence-corrected chi connectivity index (χ2v) is 8.44. The minimum Gasteiger partial charge on any atom is -0.478 e. The summed E-state index contributed by atoms with van der Waals surface area (Å²) in [6.45, 7) is 0. The van der Waals surface area contributed by atoms with Gasteiger partial charge in [-0.05, 0) is 68.1 Å². The van der Waals surface area contributed by atoms with Crippen molar-refractivity contribution in [3.63, 3.8) is 0 Å². The van der Waals surface area contributed by atoms with Gasteiger partial charge < -0.3 is 10.2 Å². The highest BCUT2D eigenvalue weighted by Gasteiger charge is 2.11. The molecule has 0 fully saturated rings. The largest absolute Gasteiger partial charge is 0.478 e. The minimum atomic E-state index is -0.941. The molecule has 0 aromatic heterocycles. The van der Waals surface area contributed by atoms with Crippen LogP contribution in [0.2, 0.25) is 0 Å². The molecule has 0 amide bonds. The Hall–Kier alpha value is -4.96. The summed E-state index contributed by atoms with van der Waals surface area (Å²) in [5.74, 6) is -1.88. The van der Waals surface area contributed by atoms with Crippen molar-refractivity contribution in [1.29, 1.82) is 0 Å². The Morgan fingerprint density at radius 3 is 1.03 bits per heavy atom. The topological polar surface area (TPSA) is 74.6 Å². The summed E-state index contributed by atoms with van der Waals surface area (Å²) in [5.41, 5.74) is 4.54. The number of hydrogen-bond donors (Lipinski definition) is 2. The van der Waals surface area contributed by atoms with Gasteiger partial charge in [0, 0.05) is 0 Å². The zero-order valence-corrected chi connectivity index (χ0v) is 19.3. The van der Waals surface area contributed by atoms with Gasteiger partial charge in [0.05, 0.1) is 11.1 Å². The Morgan fingerprint density at radius 2 is 0.750 bits per heavy atom. The fourth-order valence-electron chi connectivity index (χ4n) is 4.39. The number of carbonyl (C=O) groups is 2. The van der Waals surface area contributed by atoms with Gasteiger partial charge in [-0.25, -0.2) is 9.59 Å². The molecule has 0 heterocycles. The molecule has 0 atom stereocenters. The lowest BCUT2D eigenvalue weighted by Crippen LogP contribution is -1.94. The minimum absolute atomic E-state index is 0.261. The van der Waals surface area contributed by atoms with Crippen LogP contribution < -0.4 is 0 Å². The highest BCUT2D eigenvalue weighted by molar-refractivity contribution is 6.14. The maximum absolute atomic E-state index is 11.2. The normalized spacial score (nSPS) is 11.6. The maximum atomic E-state index is 11.2. The molecular weight excluding hydrogens is 448 g/mol. The standard InChI is InChI=1S/C32H22O4/c33-31(34)23-15-9-21(10-16-23)13-19-29-25-5-1-2-6-26(25)30(28-8-4-3-7-27(28)29)20-14-22-11-17-24(18-12-22)32(35)36/h1-20H,(H,33,34)(H,35,36)/b19-13+,20-14+. The van der Waals surface area contributed by atoms with Gasteiger partial charge in [0.1, 0.15) is 0 Å². The average Bonchev–Trinajstić information content (AvgIpc) is 2.91. The van der Waals surface area contributed by atoms with Crippen molar-refractivity contribution in [2.45, 2.75) is 0 Å². The summed E-state index contributed by atoms with van der Waals surface area (Å²) >= 11 is 0. The van der Waals surface area contributed by atoms with Crippen LogP contribution in [-0.2, 0) is 0 Å². The van der Waals surface area contributed by atoms with Crippen LogP contribution in [0.4, 0.5) is 0 Å². The first-order chi connectivity index (χ1) is 17.5. The lowest BCUT2D eigenvalue weighted by molar-refractivity contribution is 0.0686. The van der Waals surface area contributed by atoms with Gasteiger partial charge in [0.2, 0.25) is 0 Å². The van der Waals surface area contributed by atoms with Crippen LogP contribution in [0, 0.1) is 0 Å². The first-order valence-electron chi connectivity index (χ1n) is 11.5. The number of rotatable bonds is 6. The number of aromatic carboxylic acids is 2. The van der Waals surface area contributed by atoms with Crippen molar-refractivity contribution in [3.8, 4) is 0 Å². The monoisotopic (exact) mass is 470 g/mol. The third-order valence-electron chi connectivity index (χ3n) is 6.21. The van der Waals surface area contributed by atoms with E-state index in [2.05, 4.69) is 36.4 Å². The highest BCUT2D eigenvalue weighted by Crippen LogP contribution is 2.35. The zero-order valence-electron chi connectivity index (χ0n) is 19.3. The molecule has 0 aliphatic heterocycles. The molecule has 0 spiro atoms. The molecule has 5 rings (SSSR count). The van der Waals surface area contributed by atoms with Crippen molar-refractivity contribution in [2.75, 3.05) is 0 Å². The van der Waals surface area contributed by atoms with Crippen LogP contribution in [0.5, 0.6) is 0 Å². The Balaban J connectivity index is 1.62. The van der Waals surface area contributed by atoms with Gasteiger partial charge in [-0.1, -0.05) is 97.1 Å². The predicted molar refractivity (Wildman–Crippen MR) is 146 cm³/mol. The summed E-state index contributed by atoms with van der Waals surface area (Å²) in [7, 11) is 0. The van der Waals surface area contributed by atoms with E-state index in [0.717, 1.165) is 43.8 Å². The molecule has 0 saturated carbocycles. The molecular formula is C32H22O4. The summed E-state index contributed by atoms with van der Waals surface area (Å²) < 4.78 is 0. The van der Waals surface area contributed by atoms with Crippen LogP contribution in [0.25, 0.3) is 45.8 Å². The molecule has 5 aromatic rings. The summed E-state index contributed by atoms with van der Waals surface area (Å²) in [5, 5.41) is 22.7. The number of hydrogen-bond acceptors (Lipinski definition) is 2. The molecule has 36 heavy (non-hydrogen) atoms. The molecule has 4 heteroatoms. The molecule has 0 saturated heterocycles. The van der Waals surface area contributed by atoms with Crippen LogP contribution >= 0.6 is 0 Å². The van der Waals surface area contributed by atoms with Gasteiger partial charge in [0.15, 0.2) is 0 Å². The lowest BCUT2D eigenvalue weighted by Gasteiger charge is -2.13. The fraction of sp³-hybridized carbons (Fsp3) is 0. The molecule has 0 aliphatic rings. The van der Waals surface area contributed by atoms with Crippen LogP contribution in [0.15, 0.2) is 97.1 Å². The van der Waals surface area contributed by atoms with Crippen LogP contribution in [0.3, 0.4) is 0 Å². The summed E-state index contributed by atoms with van der Waals surface area (Å²) in [6, 6.07) is 30.1. The van der Waals surface area contributed by atoms with E-state index in [0.29, 0.717) is 0 Å². The zero-order chi connectivity index (χ0) is 25.1. The molecule has 0 bridgehead atoms. The number of carboxylic acids is 2. The number of fused-ring (bicyclic) bond motifs is 2. The Morgan fingerprint density at radius 1 is 0.444 bits per heavy atom. The molecule has 5 aromatic carbocycles. The van der Waals surface area contributed by atoms with Crippen LogP contribution in [-0.4, -0.2) is 22.2 Å². The van der Waals surface area contributed by atoms with Crippen molar-refractivity contribution in [1.82, 2.24) is 0 Å². The van der Waals surface area contributed by atoms with E-state index in [4.69, 9.17) is 10.2 Å². The Kier molecular flexibility index (Phi) is 6.16. The fourth-order valence-corrected chi connectivity index (χ4v) is 4.39. The van der Waals surface area contributed by atoms with Gasteiger partial charge in [-0.3, -0.25) is 0 Å². The first kappa shape index (κ1) is 22.8. The summed E-state index contributed by atoms with van der Waals surface area (Å²) in [4.78, 5) is 22.3. The van der Waals surface area contributed by atoms with E-state index in [1.54, 1.807) is 48.5 Å². The average molecular weight is 471 g/mol. The number of benzene rings is 5. The Bertz CT molecular complexity index is 1480. The third kappa shape index (κ3) is 4.52. The van der Waals surface area contributed by atoms with Gasteiger partial charge in [0.25, 0.3) is 0 Å². The van der Waals surface area contributed by atoms with Crippen molar-refractivity contribution < 1.29 is 19.8 Å². The predicted octanol–water partition coefficient (Wildman–Crippen LogP) is 7.73. The van der Waals surface area contributed by atoms with Crippen molar-refractivity contribution >= 4 is 57.8 Å². The summed E-state index contributed by atoms with van der Waals surface area (Å²) in [6.07, 6.45) is 8.16. The van der Waals surface area contributed by atoms with E-state index in [9.17, 15) is 9.59 Å². The second kappa shape index (κ2) is 9.72. The van der Waals surface area contributed by atoms with Gasteiger partial charge >= 0.3 is 11.9 Å². The van der Waals surface area contributed by atoms with Crippen molar-refractivity contribution in [2.24, 2.45) is 0 Å². The molecule has 174 valence electrons. The van der Waals surface area contributed by atoms with E-state index in [1.807, 2.05) is 36.4 Å². The quantitative estimate of drug-likeness (QED) is 0.197. The smallest absolute Gasteiger partial charge is 0.335 e. The molecule has 4 nitrogen and oxygen atoms in total. The van der Waals surface area contributed by atoms with E-state index < -0.39 is 11.9 Å². The second-order valence-electron chi connectivity index (χ2n) is 8.44. The van der Waals surface area contributed by atoms with Crippen LogP contribution in [0.1, 0.15) is 43.0 Å². The Labute approximate surface area is 208 Å². The maximum Gasteiger partial charge on any atom is 0.335 e. The molecule has 2 N–H and O–H groups in total. The van der Waals surface area contributed by atoms with E-state index >= 15 is 0 Å². The van der Waals surface area contributed by atoms with E-state index in [-0.39, 0.29) is 11.1 Å². The van der Waals surface area contributed by atoms with Crippen molar-refractivity contribution in [3.05, 3.63) is 130 Å². The van der Waals surface area contributed by atoms with E-state index in [1.165, 1.54) is 0 Å². The molecule has 0 radical (unpaired) electrons. The lowest BCUT2D eigenvalue weighted by atomic mass is 9.90. The van der Waals surface area contributed by atoms with Gasteiger partial charge in [-0.15, -0.1) is 0 Å². The highest BCUT2D eigenvalue weighted by atomic mass is 16.4. The molecule has 0 unspecified atom stereocenters. The molecule has 0 aliphatic carbocycles. The SMILES string of the molecule is O=C(O)c1ccc(/C=C/c2c3ccccc3c(/C=C/c3ccc(C(=O)O)cc3)c3ccccc23)cc1. The van der Waals surface area contributed by atoms with Gasteiger partial charge in [-0.2, -0.15) is 0 Å². The third-order valence-corrected chi connectivity index (χ3v) is 6.21. The first-order valence-corrected chi connectivity index (χ1v) is 11.5. The number of carboxylic acid groups (broad SMARTS) is 2.